The second-order valence-electron chi connectivity index (χ2n) is 8.25. The van der Waals surface area contributed by atoms with E-state index in [9.17, 15) is 4.79 Å². The highest BCUT2D eigenvalue weighted by Crippen LogP contribution is 2.24. The van der Waals surface area contributed by atoms with Crippen molar-refractivity contribution >= 4 is 5.91 Å². The lowest BCUT2D eigenvalue weighted by Crippen LogP contribution is -2.45. The van der Waals surface area contributed by atoms with Gasteiger partial charge in [0.05, 0.1) is 17.9 Å². The number of aromatic nitrogens is 2. The summed E-state index contributed by atoms with van der Waals surface area (Å²) in [6.45, 7) is 9.87. The summed E-state index contributed by atoms with van der Waals surface area (Å²) in [5.74, 6) is 0.0380. The number of hydrogen-bond donors (Lipinski definition) is 1. The van der Waals surface area contributed by atoms with Crippen molar-refractivity contribution in [2.24, 2.45) is 0 Å². The minimum absolute atomic E-state index is 0.0380. The summed E-state index contributed by atoms with van der Waals surface area (Å²) in [6.07, 6.45) is 2.07. The van der Waals surface area contributed by atoms with Crippen LogP contribution in [0, 0.1) is 0 Å². The smallest absolute Gasteiger partial charge is 0.234 e. The quantitative estimate of drug-likeness (QED) is 0.655. The zero-order valence-electron chi connectivity index (χ0n) is 17.7. The van der Waals surface area contributed by atoms with Crippen LogP contribution in [0.5, 0.6) is 0 Å². The van der Waals surface area contributed by atoms with Crippen molar-refractivity contribution in [2.45, 2.75) is 39.8 Å². The van der Waals surface area contributed by atoms with Crippen LogP contribution in [0.25, 0.3) is 16.9 Å². The second-order valence-corrected chi connectivity index (χ2v) is 8.25. The van der Waals surface area contributed by atoms with E-state index in [0.29, 0.717) is 13.1 Å². The summed E-state index contributed by atoms with van der Waals surface area (Å²) >= 11 is 0. The highest BCUT2D eigenvalue weighted by Gasteiger charge is 2.19. The average molecular weight is 391 g/mol. The monoisotopic (exact) mass is 390 g/mol. The predicted molar refractivity (Wildman–Crippen MR) is 118 cm³/mol. The standard InChI is InChI=1S/C24H30N4O/c1-5-27(18-22(29)25-24(2,3)4)16-20-17-28(21-14-10-7-11-15-21)26-23(20)19-12-8-6-9-13-19/h6-15,17H,5,16,18H2,1-4H3,(H,25,29). The van der Waals surface area contributed by atoms with Crippen molar-refractivity contribution in [1.82, 2.24) is 20.0 Å². The summed E-state index contributed by atoms with van der Waals surface area (Å²) in [4.78, 5) is 14.6. The maximum Gasteiger partial charge on any atom is 0.234 e. The highest BCUT2D eigenvalue weighted by atomic mass is 16.2. The van der Waals surface area contributed by atoms with Gasteiger partial charge in [-0.2, -0.15) is 5.10 Å². The molecule has 5 nitrogen and oxygen atoms in total. The molecule has 1 heterocycles. The molecule has 1 amide bonds. The summed E-state index contributed by atoms with van der Waals surface area (Å²) < 4.78 is 1.92. The second kappa shape index (κ2) is 9.05. The van der Waals surface area contributed by atoms with Gasteiger partial charge in [-0.1, -0.05) is 55.5 Å². The summed E-state index contributed by atoms with van der Waals surface area (Å²) in [5, 5.41) is 7.91. The number of amides is 1. The normalized spacial score (nSPS) is 11.6. The van der Waals surface area contributed by atoms with Crippen LogP contribution < -0.4 is 5.32 Å². The van der Waals surface area contributed by atoms with E-state index in [1.807, 2.05) is 74.0 Å². The largest absolute Gasteiger partial charge is 0.350 e. The molecule has 0 saturated heterocycles. The predicted octanol–water partition coefficient (Wildman–Crippen LogP) is 4.28. The van der Waals surface area contributed by atoms with Crippen LogP contribution in [0.4, 0.5) is 0 Å². The Hall–Kier alpha value is -2.92. The van der Waals surface area contributed by atoms with Gasteiger partial charge < -0.3 is 5.32 Å². The third kappa shape index (κ3) is 5.78. The minimum Gasteiger partial charge on any atom is -0.350 e. The molecule has 0 aliphatic heterocycles. The topological polar surface area (TPSA) is 50.2 Å². The molecule has 0 aliphatic rings. The number of benzene rings is 2. The van der Waals surface area contributed by atoms with Gasteiger partial charge in [0.15, 0.2) is 0 Å². The maximum atomic E-state index is 12.4. The fourth-order valence-corrected chi connectivity index (χ4v) is 3.26. The molecule has 0 fully saturated rings. The van der Waals surface area contributed by atoms with Crippen molar-refractivity contribution in [2.75, 3.05) is 13.1 Å². The van der Waals surface area contributed by atoms with Crippen LogP contribution in [0.15, 0.2) is 66.9 Å². The molecule has 152 valence electrons. The Bertz CT molecular complexity index is 927. The first-order chi connectivity index (χ1) is 13.9. The maximum absolute atomic E-state index is 12.4. The lowest BCUT2D eigenvalue weighted by atomic mass is 10.1. The number of likely N-dealkylation sites (N-methyl/N-ethyl adjacent to an activating group) is 1. The summed E-state index contributed by atoms with van der Waals surface area (Å²) in [6, 6.07) is 20.3. The molecule has 1 N–H and O–H groups in total. The van der Waals surface area contributed by atoms with Gasteiger partial charge in [-0.15, -0.1) is 0 Å². The number of carbonyl (C=O) groups excluding carboxylic acids is 1. The van der Waals surface area contributed by atoms with Gasteiger partial charge in [-0.05, 0) is 39.4 Å². The van der Waals surface area contributed by atoms with Gasteiger partial charge >= 0.3 is 0 Å². The average Bonchev–Trinajstić information content (AvgIpc) is 3.11. The van der Waals surface area contributed by atoms with Crippen molar-refractivity contribution in [1.29, 1.82) is 0 Å². The van der Waals surface area contributed by atoms with E-state index in [4.69, 9.17) is 5.10 Å². The van der Waals surface area contributed by atoms with Crippen molar-refractivity contribution in [3.05, 3.63) is 72.4 Å². The number of para-hydroxylation sites is 1. The molecule has 0 aliphatic carbocycles. The number of carbonyl (C=O) groups is 1. The van der Waals surface area contributed by atoms with Gasteiger partial charge in [-0.3, -0.25) is 9.69 Å². The van der Waals surface area contributed by atoms with Crippen LogP contribution in [-0.4, -0.2) is 39.2 Å². The summed E-state index contributed by atoms with van der Waals surface area (Å²) in [7, 11) is 0. The Balaban J connectivity index is 1.88. The van der Waals surface area contributed by atoms with Crippen molar-refractivity contribution in [3.63, 3.8) is 0 Å². The van der Waals surface area contributed by atoms with Crippen LogP contribution >= 0.6 is 0 Å². The molecule has 3 rings (SSSR count). The Morgan fingerprint density at radius 1 is 1.03 bits per heavy atom. The highest BCUT2D eigenvalue weighted by molar-refractivity contribution is 5.78. The lowest BCUT2D eigenvalue weighted by molar-refractivity contribution is -0.123. The first-order valence-electron chi connectivity index (χ1n) is 10.1. The molecule has 0 unspecified atom stereocenters. The van der Waals surface area contributed by atoms with E-state index < -0.39 is 0 Å². The van der Waals surface area contributed by atoms with Crippen molar-refractivity contribution < 1.29 is 4.79 Å². The molecule has 0 spiro atoms. The third-order valence-electron chi connectivity index (χ3n) is 4.58. The van der Waals surface area contributed by atoms with Crippen LogP contribution in [0.1, 0.15) is 33.3 Å². The minimum atomic E-state index is -0.232. The molecule has 0 atom stereocenters. The van der Waals surface area contributed by atoms with E-state index in [-0.39, 0.29) is 11.4 Å². The number of hydrogen-bond acceptors (Lipinski definition) is 3. The first kappa shape index (κ1) is 20.8. The SMILES string of the molecule is CCN(CC(=O)NC(C)(C)C)Cc1cn(-c2ccccc2)nc1-c1ccccc1. The zero-order valence-corrected chi connectivity index (χ0v) is 17.7. The van der Waals surface area contributed by atoms with E-state index in [1.54, 1.807) is 0 Å². The zero-order chi connectivity index (χ0) is 20.9. The Morgan fingerprint density at radius 3 is 2.24 bits per heavy atom. The van der Waals surface area contributed by atoms with Gasteiger partial charge in [0, 0.05) is 29.4 Å². The number of nitrogens with one attached hydrogen (secondary N) is 1. The molecule has 0 saturated carbocycles. The van der Waals surface area contributed by atoms with Crippen LogP contribution in [-0.2, 0) is 11.3 Å². The van der Waals surface area contributed by atoms with Gasteiger partial charge in [0.25, 0.3) is 0 Å². The molecular weight excluding hydrogens is 360 g/mol. The molecular formula is C24H30N4O. The fraction of sp³-hybridized carbons (Fsp3) is 0.333. The van der Waals surface area contributed by atoms with E-state index in [0.717, 1.165) is 29.1 Å². The Morgan fingerprint density at radius 2 is 1.66 bits per heavy atom. The molecule has 3 aromatic rings. The van der Waals surface area contributed by atoms with Crippen molar-refractivity contribution in [3.8, 4) is 16.9 Å². The van der Waals surface area contributed by atoms with Gasteiger partial charge in [0.2, 0.25) is 5.91 Å². The number of nitrogens with zero attached hydrogens (tertiary/aromatic N) is 3. The first-order valence-corrected chi connectivity index (χ1v) is 10.1. The lowest BCUT2D eigenvalue weighted by Gasteiger charge is -2.24. The van der Waals surface area contributed by atoms with Gasteiger partial charge in [0.1, 0.15) is 0 Å². The molecule has 2 aromatic carbocycles. The van der Waals surface area contributed by atoms with Gasteiger partial charge in [-0.25, -0.2) is 4.68 Å². The Labute approximate surface area is 173 Å². The fourth-order valence-electron chi connectivity index (χ4n) is 3.26. The number of rotatable bonds is 7. The van der Waals surface area contributed by atoms with E-state index >= 15 is 0 Å². The molecule has 0 bridgehead atoms. The molecule has 29 heavy (non-hydrogen) atoms. The molecule has 1 aromatic heterocycles. The van der Waals surface area contributed by atoms with Crippen LogP contribution in [0.3, 0.4) is 0 Å². The third-order valence-corrected chi connectivity index (χ3v) is 4.58. The summed E-state index contributed by atoms with van der Waals surface area (Å²) in [5.41, 5.74) is 3.91. The molecule has 5 heteroatoms. The van der Waals surface area contributed by atoms with Crippen LogP contribution in [0.2, 0.25) is 0 Å². The van der Waals surface area contributed by atoms with E-state index in [1.165, 1.54) is 0 Å². The Kier molecular flexibility index (Phi) is 6.49. The molecule has 0 radical (unpaired) electrons. The van der Waals surface area contributed by atoms with E-state index in [2.05, 4.69) is 35.5 Å².